The topological polar surface area (TPSA) is 131 Å². The van der Waals surface area contributed by atoms with E-state index in [-0.39, 0.29) is 24.6 Å². The number of aromatic nitrogens is 1. The molecule has 8 heteroatoms. The molecule has 1 heterocycles. The first-order chi connectivity index (χ1) is 9.37. The quantitative estimate of drug-likeness (QED) is 0.462. The van der Waals surface area contributed by atoms with Gasteiger partial charge in [0, 0.05) is 29.3 Å². The Hall–Kier alpha value is -2.06. The van der Waals surface area contributed by atoms with Gasteiger partial charge in [0.25, 0.3) is 5.91 Å². The lowest BCUT2D eigenvalue weighted by Crippen LogP contribution is -2.27. The number of fused-ring (bicyclic) bond motifs is 1. The van der Waals surface area contributed by atoms with Crippen molar-refractivity contribution in [2.24, 2.45) is 5.14 Å². The van der Waals surface area contributed by atoms with Crippen LogP contribution in [0.1, 0.15) is 16.8 Å². The summed E-state index contributed by atoms with van der Waals surface area (Å²) in [6.45, 7) is 0.247. The Kier molecular flexibility index (Phi) is 3.96. The lowest BCUT2D eigenvalue weighted by atomic mass is 10.1. The van der Waals surface area contributed by atoms with Crippen molar-refractivity contribution in [2.75, 3.05) is 18.0 Å². The summed E-state index contributed by atoms with van der Waals surface area (Å²) in [6, 6.07) is 5.22. The van der Waals surface area contributed by atoms with Gasteiger partial charge in [-0.25, -0.2) is 13.6 Å². The van der Waals surface area contributed by atoms with Gasteiger partial charge in [0.05, 0.1) is 11.3 Å². The van der Waals surface area contributed by atoms with Crippen molar-refractivity contribution in [3.05, 3.63) is 30.0 Å². The molecule has 2 aromatic rings. The van der Waals surface area contributed by atoms with E-state index in [0.717, 1.165) is 10.9 Å². The molecular weight excluding hydrogens is 280 g/mol. The van der Waals surface area contributed by atoms with Crippen LogP contribution < -0.4 is 16.2 Å². The summed E-state index contributed by atoms with van der Waals surface area (Å²) in [5.74, 6) is -0.423. The number of rotatable bonds is 5. The second-order valence-corrected chi connectivity index (χ2v) is 6.22. The van der Waals surface area contributed by atoms with Crippen LogP contribution in [0.2, 0.25) is 0 Å². The Labute approximate surface area is 116 Å². The number of amides is 1. The zero-order valence-corrected chi connectivity index (χ0v) is 11.5. The predicted octanol–water partition coefficient (Wildman–Crippen LogP) is 0.159. The van der Waals surface area contributed by atoms with Gasteiger partial charge in [-0.3, -0.25) is 4.79 Å². The van der Waals surface area contributed by atoms with Crippen molar-refractivity contribution in [1.29, 1.82) is 0 Å². The first kappa shape index (κ1) is 14.4. The molecule has 2 rings (SSSR count). The van der Waals surface area contributed by atoms with E-state index in [1.54, 1.807) is 24.4 Å². The number of primary sulfonamides is 1. The van der Waals surface area contributed by atoms with Crippen molar-refractivity contribution in [1.82, 2.24) is 10.3 Å². The minimum absolute atomic E-state index is 0.155. The molecule has 0 aliphatic rings. The molecule has 0 aliphatic carbocycles. The molecule has 0 aliphatic heterocycles. The van der Waals surface area contributed by atoms with Gasteiger partial charge >= 0.3 is 0 Å². The minimum atomic E-state index is -3.49. The van der Waals surface area contributed by atoms with E-state index in [1.165, 1.54) is 0 Å². The number of carbonyl (C=O) groups excluding carboxylic acids is 1. The van der Waals surface area contributed by atoms with Crippen LogP contribution in [-0.4, -0.2) is 31.6 Å². The zero-order chi connectivity index (χ0) is 14.8. The van der Waals surface area contributed by atoms with E-state index >= 15 is 0 Å². The van der Waals surface area contributed by atoms with Gasteiger partial charge in [0.2, 0.25) is 10.0 Å². The number of hydrogen-bond acceptors (Lipinski definition) is 4. The van der Waals surface area contributed by atoms with Crippen LogP contribution in [0.15, 0.2) is 24.4 Å². The molecular formula is C12H16N4O3S. The standard InChI is InChI=1S/C12H16N4O3S/c13-8-2-3-9-10(7-16-11(9)6-8)12(17)15-4-1-5-20(14,18)19/h2-3,6-7,16H,1,4-5,13H2,(H,15,17)(H2,14,18,19). The van der Waals surface area contributed by atoms with E-state index in [4.69, 9.17) is 10.9 Å². The lowest BCUT2D eigenvalue weighted by molar-refractivity contribution is 0.0955. The number of H-pyrrole nitrogens is 1. The maximum absolute atomic E-state index is 12.0. The Balaban J connectivity index is 2.01. The number of nitrogens with one attached hydrogen (secondary N) is 2. The molecule has 0 unspecified atom stereocenters. The Morgan fingerprint density at radius 3 is 2.80 bits per heavy atom. The molecule has 108 valence electrons. The van der Waals surface area contributed by atoms with E-state index in [2.05, 4.69) is 10.3 Å². The summed E-state index contributed by atoms with van der Waals surface area (Å²) >= 11 is 0. The maximum atomic E-state index is 12.0. The zero-order valence-electron chi connectivity index (χ0n) is 10.7. The minimum Gasteiger partial charge on any atom is -0.399 e. The van der Waals surface area contributed by atoms with E-state index in [9.17, 15) is 13.2 Å². The number of carbonyl (C=O) groups is 1. The van der Waals surface area contributed by atoms with Crippen LogP contribution in [0.3, 0.4) is 0 Å². The van der Waals surface area contributed by atoms with E-state index in [0.29, 0.717) is 11.3 Å². The van der Waals surface area contributed by atoms with Crippen molar-refractivity contribution >= 4 is 32.5 Å². The van der Waals surface area contributed by atoms with Crippen LogP contribution in [0.25, 0.3) is 10.9 Å². The molecule has 1 aromatic heterocycles. The highest BCUT2D eigenvalue weighted by Gasteiger charge is 2.12. The van der Waals surface area contributed by atoms with Crippen LogP contribution in [0, 0.1) is 0 Å². The van der Waals surface area contributed by atoms with Gasteiger partial charge in [0.1, 0.15) is 0 Å². The van der Waals surface area contributed by atoms with Gasteiger partial charge in [-0.05, 0) is 24.6 Å². The van der Waals surface area contributed by atoms with Crippen molar-refractivity contribution < 1.29 is 13.2 Å². The number of sulfonamides is 1. The largest absolute Gasteiger partial charge is 0.399 e. The van der Waals surface area contributed by atoms with Crippen LogP contribution in [0.5, 0.6) is 0 Å². The first-order valence-electron chi connectivity index (χ1n) is 6.02. The summed E-state index contributed by atoms with van der Waals surface area (Å²) in [4.78, 5) is 15.0. The molecule has 0 spiro atoms. The number of benzene rings is 1. The molecule has 20 heavy (non-hydrogen) atoms. The Bertz CT molecular complexity index is 736. The average molecular weight is 296 g/mol. The molecule has 0 atom stereocenters. The summed E-state index contributed by atoms with van der Waals surface area (Å²) in [5.41, 5.74) is 7.54. The fraction of sp³-hybridized carbons (Fsp3) is 0.250. The molecule has 0 saturated carbocycles. The third kappa shape index (κ3) is 3.49. The Morgan fingerprint density at radius 1 is 1.35 bits per heavy atom. The average Bonchev–Trinajstić information content (AvgIpc) is 2.76. The highest BCUT2D eigenvalue weighted by molar-refractivity contribution is 7.89. The molecule has 0 fully saturated rings. The Morgan fingerprint density at radius 2 is 2.10 bits per heavy atom. The number of aromatic amines is 1. The fourth-order valence-corrected chi connectivity index (χ4v) is 2.45. The smallest absolute Gasteiger partial charge is 0.253 e. The van der Waals surface area contributed by atoms with Gasteiger partial charge in [0.15, 0.2) is 0 Å². The van der Waals surface area contributed by atoms with Gasteiger partial charge in [-0.2, -0.15) is 0 Å². The second kappa shape index (κ2) is 5.51. The third-order valence-electron chi connectivity index (χ3n) is 2.84. The van der Waals surface area contributed by atoms with Gasteiger partial charge in [-0.1, -0.05) is 0 Å². The molecule has 0 saturated heterocycles. The monoisotopic (exact) mass is 296 g/mol. The molecule has 6 N–H and O–H groups in total. The highest BCUT2D eigenvalue weighted by Crippen LogP contribution is 2.20. The first-order valence-corrected chi connectivity index (χ1v) is 7.73. The number of hydrogen-bond donors (Lipinski definition) is 4. The summed E-state index contributed by atoms with van der Waals surface area (Å²) < 4.78 is 21.5. The van der Waals surface area contributed by atoms with Crippen molar-refractivity contribution in [2.45, 2.75) is 6.42 Å². The van der Waals surface area contributed by atoms with Crippen LogP contribution in [0.4, 0.5) is 5.69 Å². The maximum Gasteiger partial charge on any atom is 0.253 e. The lowest BCUT2D eigenvalue weighted by Gasteiger charge is -2.03. The molecule has 0 radical (unpaired) electrons. The normalized spacial score (nSPS) is 11.7. The fourth-order valence-electron chi connectivity index (χ4n) is 1.90. The van der Waals surface area contributed by atoms with Crippen molar-refractivity contribution in [3.8, 4) is 0 Å². The summed E-state index contributed by atoms with van der Waals surface area (Å²) in [7, 11) is -3.49. The predicted molar refractivity (Wildman–Crippen MR) is 77.6 cm³/mol. The summed E-state index contributed by atoms with van der Waals surface area (Å²) in [6.07, 6.45) is 1.87. The highest BCUT2D eigenvalue weighted by atomic mass is 32.2. The molecule has 7 nitrogen and oxygen atoms in total. The van der Waals surface area contributed by atoms with Crippen molar-refractivity contribution in [3.63, 3.8) is 0 Å². The van der Waals surface area contributed by atoms with E-state index < -0.39 is 10.0 Å². The number of nitrogen functional groups attached to an aromatic ring is 1. The molecule has 1 amide bonds. The van der Waals surface area contributed by atoms with Crippen LogP contribution in [-0.2, 0) is 10.0 Å². The van der Waals surface area contributed by atoms with E-state index in [1.807, 2.05) is 0 Å². The van der Waals surface area contributed by atoms with Gasteiger partial charge in [-0.15, -0.1) is 0 Å². The molecule has 1 aromatic carbocycles. The SMILES string of the molecule is Nc1ccc2c(C(=O)NCCCS(N)(=O)=O)c[nH]c2c1. The third-order valence-corrected chi connectivity index (χ3v) is 3.70. The number of nitrogens with two attached hydrogens (primary N) is 2. The van der Waals surface area contributed by atoms with Crippen LogP contribution >= 0.6 is 0 Å². The summed E-state index contributed by atoms with van der Waals surface area (Å²) in [5, 5.41) is 8.30. The second-order valence-electron chi connectivity index (χ2n) is 4.48. The van der Waals surface area contributed by atoms with Gasteiger partial charge < -0.3 is 16.0 Å². The molecule has 0 bridgehead atoms. The number of anilines is 1.